The summed E-state index contributed by atoms with van der Waals surface area (Å²) in [6.45, 7) is 8.91. The predicted octanol–water partition coefficient (Wildman–Crippen LogP) is 5.59. The molecule has 2 atom stereocenters. The number of nitrogens with zero attached hydrogens (tertiary/aromatic N) is 7. The van der Waals surface area contributed by atoms with Crippen molar-refractivity contribution >= 4 is 46.4 Å². The molecule has 1 aliphatic carbocycles. The second-order valence-electron chi connectivity index (χ2n) is 16.6. The largest absolute Gasteiger partial charge is 0.477 e. The molecule has 2 aromatic heterocycles. The number of anilines is 4. The lowest BCUT2D eigenvalue weighted by Gasteiger charge is -2.44. The van der Waals surface area contributed by atoms with Crippen molar-refractivity contribution in [2.24, 2.45) is 18.0 Å². The molecule has 2 aromatic carbocycles. The van der Waals surface area contributed by atoms with Crippen LogP contribution < -0.4 is 30.5 Å². The molecule has 4 aliphatic heterocycles. The van der Waals surface area contributed by atoms with Crippen LogP contribution in [0.1, 0.15) is 73.0 Å². The summed E-state index contributed by atoms with van der Waals surface area (Å²) in [6.07, 6.45) is 5.70. The normalized spacial score (nSPS) is 22.5. The first kappa shape index (κ1) is 38.6. The second kappa shape index (κ2) is 15.4. The van der Waals surface area contributed by atoms with Gasteiger partial charge in [0.1, 0.15) is 11.6 Å². The molecule has 2 saturated heterocycles. The van der Waals surface area contributed by atoms with Gasteiger partial charge in [-0.15, -0.1) is 0 Å². The van der Waals surface area contributed by atoms with E-state index in [9.17, 15) is 14.4 Å². The maximum atomic E-state index is 15.1. The number of carbonyl (C=O) groups excluding carboxylic acids is 3. The Morgan fingerprint density at radius 2 is 1.83 bits per heavy atom. The fourth-order valence-corrected chi connectivity index (χ4v) is 9.03. The molecule has 308 valence electrons. The van der Waals surface area contributed by atoms with Crippen molar-refractivity contribution in [3.05, 3.63) is 77.1 Å². The van der Waals surface area contributed by atoms with Gasteiger partial charge in [0.05, 0.1) is 46.9 Å². The first-order chi connectivity index (χ1) is 28.4. The van der Waals surface area contributed by atoms with Crippen LogP contribution in [-0.4, -0.2) is 94.8 Å². The molecule has 3 N–H and O–H groups in total. The maximum absolute atomic E-state index is 15.1. The SMILES string of the molecule is Cc1cc2cc(n1)-c1cnn(C)c1OCCC[C@@H](C)CN1/C(=N/C2=O)Nc2ccc(N3CCN(CCNc4cc(F)c([C@H]5CCC(=O)NC5=O)c(F)c4)CC34CC4)cc21. The van der Waals surface area contributed by atoms with Crippen LogP contribution in [-0.2, 0) is 16.6 Å². The van der Waals surface area contributed by atoms with E-state index in [1.165, 1.54) is 12.1 Å². The minimum absolute atomic E-state index is 0.0123. The van der Waals surface area contributed by atoms with E-state index < -0.39 is 29.4 Å². The molecule has 0 unspecified atom stereocenters. The van der Waals surface area contributed by atoms with Gasteiger partial charge in [-0.05, 0) is 87.4 Å². The van der Waals surface area contributed by atoms with Crippen LogP contribution in [0.5, 0.6) is 5.88 Å². The Bertz CT molecular complexity index is 2350. The summed E-state index contributed by atoms with van der Waals surface area (Å²) >= 11 is 0. The molecule has 1 spiro atoms. The van der Waals surface area contributed by atoms with Crippen molar-refractivity contribution in [3.63, 3.8) is 0 Å². The second-order valence-corrected chi connectivity index (χ2v) is 16.6. The van der Waals surface area contributed by atoms with E-state index in [0.717, 1.165) is 67.9 Å². The summed E-state index contributed by atoms with van der Waals surface area (Å²) in [5.41, 5.74) is 5.47. The molecule has 1 saturated carbocycles. The van der Waals surface area contributed by atoms with Crippen LogP contribution in [0.2, 0.25) is 0 Å². The fraction of sp³-hybridized carbons (Fsp3) is 0.442. The lowest BCUT2D eigenvalue weighted by atomic mass is 9.89. The predicted molar refractivity (Wildman–Crippen MR) is 220 cm³/mol. The highest BCUT2D eigenvalue weighted by Gasteiger charge is 2.51. The number of fused-ring (bicyclic) bond motifs is 7. The zero-order chi connectivity index (χ0) is 41.0. The van der Waals surface area contributed by atoms with Gasteiger partial charge in [-0.1, -0.05) is 6.92 Å². The quantitative estimate of drug-likeness (QED) is 0.210. The Labute approximate surface area is 341 Å². The zero-order valence-electron chi connectivity index (χ0n) is 33.5. The monoisotopic (exact) mass is 806 g/mol. The smallest absolute Gasteiger partial charge is 0.280 e. The highest BCUT2D eigenvalue weighted by Crippen LogP contribution is 2.48. The summed E-state index contributed by atoms with van der Waals surface area (Å²) < 4.78 is 38.2. The number of ether oxygens (including phenoxy) is 1. The molecular weight excluding hydrogens is 759 g/mol. The van der Waals surface area contributed by atoms with Crippen LogP contribution in [0.25, 0.3) is 11.3 Å². The first-order valence-electron chi connectivity index (χ1n) is 20.5. The number of piperazine rings is 1. The molecule has 16 heteroatoms. The molecule has 9 rings (SSSR count). The van der Waals surface area contributed by atoms with Crippen LogP contribution in [0, 0.1) is 24.5 Å². The number of hydrogen-bond acceptors (Lipinski definition) is 11. The van der Waals surface area contributed by atoms with Crippen LogP contribution >= 0.6 is 0 Å². The maximum Gasteiger partial charge on any atom is 0.280 e. The average molecular weight is 807 g/mol. The number of piperidine rings is 1. The van der Waals surface area contributed by atoms with Gasteiger partial charge in [-0.25, -0.2) is 13.5 Å². The van der Waals surface area contributed by atoms with E-state index in [2.05, 4.69) is 65.9 Å². The minimum atomic E-state index is -1.03. The van der Waals surface area contributed by atoms with Crippen molar-refractivity contribution in [1.82, 2.24) is 25.0 Å². The number of hydrogen-bond donors (Lipinski definition) is 3. The summed E-state index contributed by atoms with van der Waals surface area (Å²) in [4.78, 5) is 54.1. The minimum Gasteiger partial charge on any atom is -0.477 e. The van der Waals surface area contributed by atoms with Gasteiger partial charge < -0.3 is 25.2 Å². The Morgan fingerprint density at radius 1 is 1.02 bits per heavy atom. The topological polar surface area (TPSA) is 149 Å². The Balaban J connectivity index is 0.892. The molecule has 3 fully saturated rings. The number of imide groups is 1. The lowest BCUT2D eigenvalue weighted by Crippen LogP contribution is -2.55. The summed E-state index contributed by atoms with van der Waals surface area (Å²) in [6, 6.07) is 12.4. The number of pyridine rings is 1. The van der Waals surface area contributed by atoms with Gasteiger partial charge in [0.15, 0.2) is 0 Å². The Kier molecular flexibility index (Phi) is 10.1. The first-order valence-corrected chi connectivity index (χ1v) is 20.5. The Hall–Kier alpha value is -5.90. The molecule has 6 heterocycles. The summed E-state index contributed by atoms with van der Waals surface area (Å²) in [5, 5.41) is 13.2. The Morgan fingerprint density at radius 3 is 2.61 bits per heavy atom. The van der Waals surface area contributed by atoms with Crippen molar-refractivity contribution in [3.8, 4) is 17.1 Å². The van der Waals surface area contributed by atoms with Gasteiger partial charge in [0.25, 0.3) is 5.91 Å². The third-order valence-electron chi connectivity index (χ3n) is 12.2. The van der Waals surface area contributed by atoms with Gasteiger partial charge in [0.2, 0.25) is 23.7 Å². The van der Waals surface area contributed by atoms with E-state index in [-0.39, 0.29) is 35.8 Å². The number of aryl methyl sites for hydroxylation is 2. The zero-order valence-corrected chi connectivity index (χ0v) is 33.5. The number of aliphatic imine (C=N–C) groups is 1. The average Bonchev–Trinajstić information content (AvgIpc) is 3.73. The number of amides is 3. The molecular formula is C43H48F2N10O4. The molecule has 4 aromatic rings. The van der Waals surface area contributed by atoms with Crippen molar-refractivity contribution in [2.75, 3.05) is 66.3 Å². The molecule has 3 amide bonds. The number of guanidine groups is 1. The van der Waals surface area contributed by atoms with Gasteiger partial charge in [-0.2, -0.15) is 10.1 Å². The molecule has 0 radical (unpaired) electrons. The van der Waals surface area contributed by atoms with E-state index in [1.54, 1.807) is 23.0 Å². The molecule has 59 heavy (non-hydrogen) atoms. The van der Waals surface area contributed by atoms with Gasteiger partial charge >= 0.3 is 0 Å². The standard InChI is InChI=1S/C43H48F2N10O4/c1-25-5-4-16-59-41-31(22-47-52(41)3)35-18-27(17-26(2)48-35)39(57)51-42-49-34-8-6-29(21-36(34)54(42)23-25)55-15-14-53(24-43(55)10-11-43)13-12-46-28-19-32(44)38(33(45)20-28)30-7-9-37(56)50-40(30)58/h6,8,17-22,25,30,46H,4-5,7,9-16,23-24H2,1-3H3,(H,49,51,57)(H,50,56,58)/t25-,30-/m1/s1. The summed E-state index contributed by atoms with van der Waals surface area (Å²) in [7, 11) is 1.84. The van der Waals surface area contributed by atoms with Crippen molar-refractivity contribution in [2.45, 2.75) is 63.8 Å². The highest BCUT2D eigenvalue weighted by atomic mass is 19.1. The third-order valence-corrected chi connectivity index (χ3v) is 12.2. The fourth-order valence-electron chi connectivity index (χ4n) is 9.03. The number of aromatic nitrogens is 3. The van der Waals surface area contributed by atoms with Gasteiger partial charge in [0, 0.05) is 80.9 Å². The lowest BCUT2D eigenvalue weighted by molar-refractivity contribution is -0.134. The van der Waals surface area contributed by atoms with E-state index >= 15 is 8.78 Å². The number of nitrogens with one attached hydrogen (secondary N) is 3. The van der Waals surface area contributed by atoms with Crippen LogP contribution in [0.4, 0.5) is 31.5 Å². The number of benzene rings is 2. The molecule has 14 nitrogen and oxygen atoms in total. The van der Waals surface area contributed by atoms with Crippen molar-refractivity contribution in [1.29, 1.82) is 0 Å². The van der Waals surface area contributed by atoms with E-state index in [4.69, 9.17) is 9.72 Å². The van der Waals surface area contributed by atoms with Crippen molar-refractivity contribution < 1.29 is 27.9 Å². The number of rotatable bonds is 6. The van der Waals surface area contributed by atoms with Gasteiger partial charge in [-0.3, -0.25) is 29.6 Å². The third kappa shape index (κ3) is 7.61. The van der Waals surface area contributed by atoms with E-state index in [1.807, 2.05) is 14.0 Å². The highest BCUT2D eigenvalue weighted by molar-refractivity contribution is 6.19. The van der Waals surface area contributed by atoms with E-state index in [0.29, 0.717) is 60.7 Å². The van der Waals surface area contributed by atoms with Crippen LogP contribution in [0.15, 0.2) is 53.7 Å². The number of halogens is 2. The molecule has 2 bridgehead atoms. The molecule has 5 aliphatic rings. The number of carbonyl (C=O) groups is 3. The summed E-state index contributed by atoms with van der Waals surface area (Å²) in [5.74, 6) is -2.71. The van der Waals surface area contributed by atoms with Crippen LogP contribution in [0.3, 0.4) is 0 Å².